The van der Waals surface area contributed by atoms with Crippen LogP contribution in [0.2, 0.25) is 5.15 Å². The van der Waals surface area contributed by atoms with E-state index >= 15 is 0 Å². The molecule has 0 bridgehead atoms. The first kappa shape index (κ1) is 28.7. The summed E-state index contributed by atoms with van der Waals surface area (Å²) in [5, 5.41) is 21.2. The summed E-state index contributed by atoms with van der Waals surface area (Å²) in [6, 6.07) is 8.72. The third kappa shape index (κ3) is 5.93. The number of amides is 1. The highest BCUT2D eigenvalue weighted by Gasteiger charge is 2.54. The van der Waals surface area contributed by atoms with E-state index in [-0.39, 0.29) is 42.3 Å². The number of imidazole rings is 1. The minimum absolute atomic E-state index is 0.00824. The first-order valence-corrected chi connectivity index (χ1v) is 14.4. The number of hydrogen-bond donors (Lipinski definition) is 2. The summed E-state index contributed by atoms with van der Waals surface area (Å²) in [6.45, 7) is 11.5. The van der Waals surface area contributed by atoms with Crippen molar-refractivity contribution in [1.29, 1.82) is 0 Å². The standard InChI is InChI=1S/C30H39ClN6O3/c1-18(2)25(36-15-24(32-17-36)30(3,4)5)26-29(40-26)37-14-6-7-23(37)28(39)34-22(16-38)20-10-8-19(9-11-20)21-12-13-33-35-27(21)31/h8-13,15,17-18,22-23,25-26,29,38H,6-7,14,16H2,1-5H3,(H,34,39)/t22-,23-,25-,26?,29?/m0/s1. The van der Waals surface area contributed by atoms with Crippen LogP contribution in [-0.2, 0) is 14.9 Å². The van der Waals surface area contributed by atoms with Crippen molar-refractivity contribution in [3.63, 3.8) is 0 Å². The number of ether oxygens (including phenoxy) is 1. The Bertz CT molecular complexity index is 1320. The lowest BCUT2D eigenvalue weighted by Gasteiger charge is -2.26. The van der Waals surface area contributed by atoms with E-state index in [9.17, 15) is 9.90 Å². The van der Waals surface area contributed by atoms with Crippen molar-refractivity contribution in [2.45, 2.75) is 83.3 Å². The molecule has 1 amide bonds. The molecule has 2 N–H and O–H groups in total. The van der Waals surface area contributed by atoms with E-state index < -0.39 is 6.04 Å². The second-order valence-electron chi connectivity index (χ2n) is 12.2. The average molecular weight is 567 g/mol. The number of carbonyl (C=O) groups is 1. The van der Waals surface area contributed by atoms with Crippen LogP contribution >= 0.6 is 11.6 Å². The predicted octanol–water partition coefficient (Wildman–Crippen LogP) is 4.53. The average Bonchev–Trinajstić information content (AvgIpc) is 3.28. The zero-order chi connectivity index (χ0) is 28.6. The molecule has 40 heavy (non-hydrogen) atoms. The molecule has 5 atom stereocenters. The maximum atomic E-state index is 13.5. The molecule has 2 aliphatic heterocycles. The fourth-order valence-electron chi connectivity index (χ4n) is 5.71. The number of epoxide rings is 1. The van der Waals surface area contributed by atoms with Crippen LogP contribution in [0.3, 0.4) is 0 Å². The fourth-order valence-corrected chi connectivity index (χ4v) is 5.93. The molecule has 10 heteroatoms. The normalized spacial score (nSPS) is 22.9. The molecule has 9 nitrogen and oxygen atoms in total. The molecule has 5 rings (SSSR count). The molecule has 2 aliphatic rings. The first-order valence-electron chi connectivity index (χ1n) is 14.0. The molecule has 2 saturated heterocycles. The molecule has 0 radical (unpaired) electrons. The van der Waals surface area contributed by atoms with Gasteiger partial charge in [0, 0.05) is 23.7 Å². The Labute approximate surface area is 240 Å². The van der Waals surface area contributed by atoms with Crippen molar-refractivity contribution in [3.8, 4) is 11.1 Å². The minimum atomic E-state index is -0.517. The Balaban J connectivity index is 1.25. The van der Waals surface area contributed by atoms with Gasteiger partial charge in [0.05, 0.1) is 43.0 Å². The quantitative estimate of drug-likeness (QED) is 0.366. The van der Waals surface area contributed by atoms with Gasteiger partial charge in [0.1, 0.15) is 12.3 Å². The van der Waals surface area contributed by atoms with Crippen LogP contribution in [0.5, 0.6) is 0 Å². The fraction of sp³-hybridized carbons (Fsp3) is 0.533. The number of likely N-dealkylation sites (tertiary alicyclic amines) is 1. The summed E-state index contributed by atoms with van der Waals surface area (Å²) >= 11 is 6.18. The van der Waals surface area contributed by atoms with Gasteiger partial charge >= 0.3 is 0 Å². The molecule has 0 spiro atoms. The topological polar surface area (TPSA) is 109 Å². The van der Waals surface area contributed by atoms with E-state index in [4.69, 9.17) is 16.3 Å². The number of aliphatic hydroxyl groups is 1. The van der Waals surface area contributed by atoms with E-state index in [1.165, 1.54) is 0 Å². The van der Waals surface area contributed by atoms with Gasteiger partial charge in [-0.05, 0) is 36.0 Å². The molecular formula is C30H39ClN6O3. The van der Waals surface area contributed by atoms with Crippen LogP contribution in [0.15, 0.2) is 49.1 Å². The second-order valence-corrected chi connectivity index (χ2v) is 12.5. The van der Waals surface area contributed by atoms with Gasteiger partial charge in [0.2, 0.25) is 5.91 Å². The van der Waals surface area contributed by atoms with Crippen LogP contribution in [0.25, 0.3) is 11.1 Å². The molecule has 1 aromatic carbocycles. The van der Waals surface area contributed by atoms with Gasteiger partial charge in [0.25, 0.3) is 0 Å². The Kier molecular flexibility index (Phi) is 8.29. The lowest BCUT2D eigenvalue weighted by molar-refractivity contribution is -0.127. The summed E-state index contributed by atoms with van der Waals surface area (Å²) in [5.74, 6) is 0.251. The highest BCUT2D eigenvalue weighted by Crippen LogP contribution is 2.42. The van der Waals surface area contributed by atoms with E-state index in [1.807, 2.05) is 30.6 Å². The molecule has 0 aliphatic carbocycles. The van der Waals surface area contributed by atoms with Crippen molar-refractivity contribution in [2.24, 2.45) is 5.92 Å². The third-order valence-corrected chi connectivity index (χ3v) is 8.24. The zero-order valence-electron chi connectivity index (χ0n) is 23.8. The second kappa shape index (κ2) is 11.6. The van der Waals surface area contributed by atoms with Crippen molar-refractivity contribution >= 4 is 17.5 Å². The lowest BCUT2D eigenvalue weighted by atomic mass is 9.93. The van der Waals surface area contributed by atoms with Crippen LogP contribution in [-0.4, -0.2) is 67.2 Å². The first-order chi connectivity index (χ1) is 19.1. The van der Waals surface area contributed by atoms with Crippen molar-refractivity contribution < 1.29 is 14.6 Å². The van der Waals surface area contributed by atoms with Crippen LogP contribution < -0.4 is 5.32 Å². The Hall–Kier alpha value is -2.85. The molecule has 3 aromatic rings. The highest BCUT2D eigenvalue weighted by atomic mass is 35.5. The molecule has 4 heterocycles. The number of carbonyl (C=O) groups excluding carboxylic acids is 1. The van der Waals surface area contributed by atoms with E-state index in [1.54, 1.807) is 12.3 Å². The molecule has 2 aromatic heterocycles. The van der Waals surface area contributed by atoms with Gasteiger partial charge in [-0.25, -0.2) is 4.98 Å². The van der Waals surface area contributed by atoms with Crippen LogP contribution in [0.1, 0.15) is 70.8 Å². The smallest absolute Gasteiger partial charge is 0.238 e. The number of hydrogen-bond acceptors (Lipinski definition) is 7. The van der Waals surface area contributed by atoms with E-state index in [0.717, 1.165) is 41.8 Å². The van der Waals surface area contributed by atoms with Crippen molar-refractivity contribution in [1.82, 2.24) is 30.0 Å². The highest BCUT2D eigenvalue weighted by molar-refractivity contribution is 6.32. The van der Waals surface area contributed by atoms with Gasteiger partial charge in [0.15, 0.2) is 5.15 Å². The minimum Gasteiger partial charge on any atom is -0.394 e. The zero-order valence-corrected chi connectivity index (χ0v) is 24.5. The molecule has 2 fully saturated rings. The lowest BCUT2D eigenvalue weighted by Crippen LogP contribution is -2.47. The monoisotopic (exact) mass is 566 g/mol. The summed E-state index contributed by atoms with van der Waals surface area (Å²) in [6.07, 6.45) is 7.20. The Morgan fingerprint density at radius 1 is 1.23 bits per heavy atom. The predicted molar refractivity (Wildman–Crippen MR) is 154 cm³/mol. The third-order valence-electron chi connectivity index (χ3n) is 7.96. The van der Waals surface area contributed by atoms with Gasteiger partial charge in [-0.15, -0.1) is 5.10 Å². The Morgan fingerprint density at radius 3 is 2.60 bits per heavy atom. The number of nitrogens with zero attached hydrogens (tertiary/aromatic N) is 5. The molecular weight excluding hydrogens is 528 g/mol. The number of aromatic nitrogens is 4. The molecule has 214 valence electrons. The van der Waals surface area contributed by atoms with Gasteiger partial charge in [-0.2, -0.15) is 5.10 Å². The number of aliphatic hydroxyl groups excluding tert-OH is 1. The molecule has 0 saturated carbocycles. The number of halogens is 1. The largest absolute Gasteiger partial charge is 0.394 e. The van der Waals surface area contributed by atoms with Gasteiger partial charge < -0.3 is 19.7 Å². The maximum Gasteiger partial charge on any atom is 0.238 e. The van der Waals surface area contributed by atoms with Gasteiger partial charge in [-0.3, -0.25) is 9.69 Å². The summed E-state index contributed by atoms with van der Waals surface area (Å²) in [5.41, 5.74) is 3.51. The number of nitrogens with one attached hydrogen (secondary N) is 1. The van der Waals surface area contributed by atoms with Gasteiger partial charge in [-0.1, -0.05) is 70.5 Å². The summed E-state index contributed by atoms with van der Waals surface area (Å²) in [7, 11) is 0. The van der Waals surface area contributed by atoms with Crippen molar-refractivity contribution in [2.75, 3.05) is 13.2 Å². The van der Waals surface area contributed by atoms with E-state index in [0.29, 0.717) is 11.1 Å². The van der Waals surface area contributed by atoms with Crippen molar-refractivity contribution in [3.05, 3.63) is 65.5 Å². The molecule has 2 unspecified atom stereocenters. The van der Waals surface area contributed by atoms with Crippen LogP contribution in [0, 0.1) is 5.92 Å². The summed E-state index contributed by atoms with van der Waals surface area (Å²) < 4.78 is 8.44. The number of rotatable bonds is 9. The van der Waals surface area contributed by atoms with Crippen LogP contribution in [0.4, 0.5) is 0 Å². The Morgan fingerprint density at radius 2 is 1.98 bits per heavy atom. The van der Waals surface area contributed by atoms with E-state index in [2.05, 4.69) is 70.8 Å². The number of benzene rings is 1. The summed E-state index contributed by atoms with van der Waals surface area (Å²) in [4.78, 5) is 20.3. The SMILES string of the molecule is CC(C)[C@@H](C1OC1N1CCC[C@H]1C(=O)N[C@@H](CO)c1ccc(-c2ccnnc2Cl)cc1)n1cnc(C(C)(C)C)c1. The maximum absolute atomic E-state index is 13.5.